The van der Waals surface area contributed by atoms with Crippen molar-refractivity contribution in [3.63, 3.8) is 0 Å². The van der Waals surface area contributed by atoms with Crippen molar-refractivity contribution in [2.75, 3.05) is 4.90 Å². The highest BCUT2D eigenvalue weighted by Crippen LogP contribution is 2.49. The number of hydrogen-bond donors (Lipinski definition) is 1. The number of anilines is 1. The number of aryl methyl sites for hydroxylation is 3. The topological polar surface area (TPSA) is 98.3 Å². The smallest absolute Gasteiger partial charge is 0.337 e. The predicted molar refractivity (Wildman–Crippen MR) is 169 cm³/mol. The second-order valence-corrected chi connectivity index (χ2v) is 12.7. The molecule has 1 heterocycles. The van der Waals surface area contributed by atoms with Crippen molar-refractivity contribution < 1.29 is 30.8 Å². The summed E-state index contributed by atoms with van der Waals surface area (Å²) in [6, 6.07) is 16.3. The van der Waals surface area contributed by atoms with Crippen LogP contribution in [0, 0.1) is 11.7 Å². The number of carbonyl (C=O) groups is 1. The Labute approximate surface area is 267 Å². The minimum Gasteiger partial charge on any atom is -0.337 e. The lowest BCUT2D eigenvalue weighted by Crippen LogP contribution is -2.33. The number of carbonyl (C=O) groups excluding carboxylic acids is 1. The van der Waals surface area contributed by atoms with E-state index in [0.29, 0.717) is 12.6 Å². The van der Waals surface area contributed by atoms with E-state index in [0.717, 1.165) is 54.5 Å². The second kappa shape index (κ2) is 14.6. The van der Waals surface area contributed by atoms with Crippen molar-refractivity contribution in [3.8, 4) is 0 Å². The van der Waals surface area contributed by atoms with Gasteiger partial charge in [-0.05, 0) is 97.2 Å². The lowest BCUT2D eigenvalue weighted by Gasteiger charge is -2.25. The maximum Gasteiger partial charge on any atom is 0.416 e. The molecule has 2 N–H and O–H groups in total. The fraction of sp³-hybridized carbons (Fsp3) is 0.353. The van der Waals surface area contributed by atoms with Crippen LogP contribution < -0.4 is 10.0 Å². The van der Waals surface area contributed by atoms with Crippen molar-refractivity contribution in [2.45, 2.75) is 69.5 Å². The number of primary sulfonamides is 1. The molecule has 1 amide bonds. The Balaban J connectivity index is 0.000000253. The highest BCUT2D eigenvalue weighted by molar-refractivity contribution is 7.89. The summed E-state index contributed by atoms with van der Waals surface area (Å²) in [6.07, 6.45) is 4.57. The number of rotatable bonds is 6. The lowest BCUT2D eigenvalue weighted by atomic mass is 9.91. The van der Waals surface area contributed by atoms with Gasteiger partial charge in [0, 0.05) is 31.0 Å². The van der Waals surface area contributed by atoms with Crippen molar-refractivity contribution in [1.82, 2.24) is 9.55 Å². The van der Waals surface area contributed by atoms with E-state index in [4.69, 9.17) is 0 Å². The molecule has 0 spiro atoms. The minimum atomic E-state index is -4.57. The van der Waals surface area contributed by atoms with Gasteiger partial charge in [-0.3, -0.25) is 4.79 Å². The van der Waals surface area contributed by atoms with Gasteiger partial charge in [-0.2, -0.15) is 13.2 Å². The number of imidazole rings is 1. The SMILES string of the molecule is CC.Cn1ccnc1CN(C(=O)[C@H]1C[C@@H]1c1ccc(F)cc1)c1ccc2c(c1)CCCC2.NS(=O)(=O)c1cccc(C(F)(F)F)c1. The van der Waals surface area contributed by atoms with Crippen LogP contribution in [0.1, 0.15) is 67.1 Å². The monoisotopic (exact) mass is 658 g/mol. The molecule has 0 saturated heterocycles. The van der Waals surface area contributed by atoms with Crippen molar-refractivity contribution in [2.24, 2.45) is 18.1 Å². The largest absolute Gasteiger partial charge is 0.416 e. The van der Waals surface area contributed by atoms with Gasteiger partial charge in [0.25, 0.3) is 0 Å². The molecule has 0 unspecified atom stereocenters. The standard InChI is InChI=1S/C25H26FN3O.C7H6F3NO2S.C2H6/c1-28-13-12-27-24(28)16-29(21-11-8-17-4-2-3-5-19(17)14-21)25(30)23-15-22(23)18-6-9-20(26)10-7-18;8-7(9,10)5-2-1-3-6(4-5)14(11,12)13;1-2/h6-14,22-23H,2-5,15-16H2,1H3;1-4H,(H2,11,12,13);1-2H3/t22-,23+;;/m1../s1. The number of aromatic nitrogens is 2. The van der Waals surface area contributed by atoms with Crippen LogP contribution in [0.2, 0.25) is 0 Å². The molecule has 2 atom stereocenters. The van der Waals surface area contributed by atoms with Gasteiger partial charge in [-0.25, -0.2) is 22.9 Å². The fourth-order valence-corrected chi connectivity index (χ4v) is 6.03. The van der Waals surface area contributed by atoms with E-state index in [1.165, 1.54) is 36.1 Å². The summed E-state index contributed by atoms with van der Waals surface area (Å²) >= 11 is 0. The van der Waals surface area contributed by atoms with E-state index in [9.17, 15) is 30.8 Å². The van der Waals surface area contributed by atoms with Gasteiger partial charge in [-0.15, -0.1) is 0 Å². The average Bonchev–Trinajstić information content (AvgIpc) is 3.74. The Hall–Kier alpha value is -4.03. The first kappa shape index (κ1) is 34.8. The molecule has 246 valence electrons. The summed E-state index contributed by atoms with van der Waals surface area (Å²) in [5.74, 6) is 0.849. The van der Waals surface area contributed by atoms with Crippen LogP contribution in [0.25, 0.3) is 0 Å². The molecule has 2 aliphatic rings. The molecule has 6 rings (SSSR count). The third-order valence-electron chi connectivity index (χ3n) is 8.03. The number of fused-ring (bicyclic) bond motifs is 1. The highest BCUT2D eigenvalue weighted by atomic mass is 32.2. The van der Waals surface area contributed by atoms with Crippen LogP contribution in [0.15, 0.2) is 84.0 Å². The minimum absolute atomic E-state index is 0.0632. The Morgan fingerprint density at radius 3 is 2.28 bits per heavy atom. The molecule has 1 aromatic heterocycles. The first-order valence-corrected chi connectivity index (χ1v) is 16.7. The van der Waals surface area contributed by atoms with E-state index >= 15 is 0 Å². The van der Waals surface area contributed by atoms with E-state index < -0.39 is 26.7 Å². The number of alkyl halides is 3. The third kappa shape index (κ3) is 8.61. The average molecular weight is 659 g/mol. The zero-order valence-corrected chi connectivity index (χ0v) is 26.8. The van der Waals surface area contributed by atoms with E-state index in [-0.39, 0.29) is 23.6 Å². The number of amides is 1. The summed E-state index contributed by atoms with van der Waals surface area (Å²) in [7, 11) is -2.13. The van der Waals surface area contributed by atoms with Gasteiger partial charge in [0.2, 0.25) is 15.9 Å². The number of hydrogen-bond acceptors (Lipinski definition) is 4. The van der Waals surface area contributed by atoms with Gasteiger partial charge in [-0.1, -0.05) is 38.1 Å². The van der Waals surface area contributed by atoms with Gasteiger partial charge in [0.1, 0.15) is 11.6 Å². The van der Waals surface area contributed by atoms with Crippen LogP contribution >= 0.6 is 0 Å². The normalized spacial score (nSPS) is 17.0. The van der Waals surface area contributed by atoms with Crippen LogP contribution in [0.5, 0.6) is 0 Å². The van der Waals surface area contributed by atoms with Gasteiger partial charge >= 0.3 is 6.18 Å². The third-order valence-corrected chi connectivity index (χ3v) is 8.94. The molecular weight excluding hydrogens is 620 g/mol. The number of halogens is 4. The Kier molecular flexibility index (Phi) is 11.1. The zero-order valence-electron chi connectivity index (χ0n) is 26.0. The Morgan fingerprint density at radius 1 is 1.00 bits per heavy atom. The van der Waals surface area contributed by atoms with Crippen LogP contribution in [-0.4, -0.2) is 23.9 Å². The maximum absolute atomic E-state index is 13.6. The van der Waals surface area contributed by atoms with Gasteiger partial charge in [0.15, 0.2) is 0 Å². The molecule has 0 bridgehead atoms. The molecule has 1 fully saturated rings. The molecule has 3 aromatic carbocycles. The molecule has 0 radical (unpaired) electrons. The van der Waals surface area contributed by atoms with Crippen LogP contribution in [0.3, 0.4) is 0 Å². The molecule has 4 aromatic rings. The van der Waals surface area contributed by atoms with Gasteiger partial charge in [0.05, 0.1) is 17.0 Å². The maximum atomic E-state index is 13.6. The zero-order chi connectivity index (χ0) is 33.6. The highest BCUT2D eigenvalue weighted by Gasteiger charge is 2.46. The van der Waals surface area contributed by atoms with Crippen LogP contribution in [-0.2, 0) is 47.4 Å². The fourth-order valence-electron chi connectivity index (χ4n) is 5.47. The molecule has 0 aliphatic heterocycles. The van der Waals surface area contributed by atoms with Crippen molar-refractivity contribution in [1.29, 1.82) is 0 Å². The summed E-state index contributed by atoms with van der Waals surface area (Å²) in [5.41, 5.74) is 3.72. The Morgan fingerprint density at radius 2 is 1.67 bits per heavy atom. The van der Waals surface area contributed by atoms with Crippen molar-refractivity contribution >= 4 is 21.6 Å². The molecule has 1 saturated carbocycles. The van der Waals surface area contributed by atoms with Crippen molar-refractivity contribution in [3.05, 3.63) is 113 Å². The Bertz CT molecular complexity index is 1750. The van der Waals surface area contributed by atoms with E-state index in [1.54, 1.807) is 18.3 Å². The van der Waals surface area contributed by atoms with E-state index in [1.807, 2.05) is 36.6 Å². The predicted octanol–water partition coefficient (Wildman–Crippen LogP) is 7.15. The van der Waals surface area contributed by atoms with E-state index in [2.05, 4.69) is 28.3 Å². The molecule has 7 nitrogen and oxygen atoms in total. The molecule has 46 heavy (non-hydrogen) atoms. The number of benzene rings is 3. The summed E-state index contributed by atoms with van der Waals surface area (Å²) in [5, 5.41) is 4.67. The quantitative estimate of drug-likeness (QED) is 0.223. The first-order chi connectivity index (χ1) is 21.8. The van der Waals surface area contributed by atoms with Gasteiger partial charge < -0.3 is 9.47 Å². The number of sulfonamides is 1. The molecular formula is C34H38F4N4O3S. The number of nitrogens with zero attached hydrogens (tertiary/aromatic N) is 3. The summed E-state index contributed by atoms with van der Waals surface area (Å²) in [6.45, 7) is 4.45. The first-order valence-electron chi connectivity index (χ1n) is 15.2. The summed E-state index contributed by atoms with van der Waals surface area (Å²) in [4.78, 5) is 19.4. The summed E-state index contributed by atoms with van der Waals surface area (Å²) < 4.78 is 73.0. The second-order valence-electron chi connectivity index (χ2n) is 11.1. The molecule has 2 aliphatic carbocycles. The molecule has 12 heteroatoms. The lowest BCUT2D eigenvalue weighted by molar-refractivity contribution is -0.137. The van der Waals surface area contributed by atoms with Crippen LogP contribution in [0.4, 0.5) is 23.2 Å². The number of nitrogens with two attached hydrogens (primary N) is 1.